The normalized spacial score (nSPS) is 22.1. The predicted octanol–water partition coefficient (Wildman–Crippen LogP) is 5.75. The van der Waals surface area contributed by atoms with Crippen LogP contribution in [-0.2, 0) is 4.79 Å². The molecule has 1 heterocycles. The van der Waals surface area contributed by atoms with Crippen molar-refractivity contribution in [1.29, 1.82) is 0 Å². The van der Waals surface area contributed by atoms with Gasteiger partial charge in [0, 0.05) is 12.6 Å². The molecule has 0 bridgehead atoms. The lowest BCUT2D eigenvalue weighted by molar-refractivity contribution is -0.118. The number of halogens is 1. The smallest absolute Gasteiger partial charge is 0.230 e. The number of phenolic OH excluding ortho intramolecular Hbond substituents is 1. The number of phenols is 1. The molecule has 6 nitrogen and oxygen atoms in total. The molecule has 158 valence electrons. The Bertz CT molecular complexity index is 871. The first-order chi connectivity index (χ1) is 13.8. The number of allylic oxidation sites excluding steroid dienone is 3. The van der Waals surface area contributed by atoms with E-state index in [-0.39, 0.29) is 17.4 Å². The van der Waals surface area contributed by atoms with E-state index in [0.29, 0.717) is 11.3 Å². The molecule has 0 aromatic heterocycles. The molecular weight excluding hydrogens is 413 g/mol. The van der Waals surface area contributed by atoms with Crippen LogP contribution in [0.2, 0.25) is 0 Å². The van der Waals surface area contributed by atoms with Crippen LogP contribution in [0.5, 0.6) is 5.75 Å². The van der Waals surface area contributed by atoms with Crippen LogP contribution in [0, 0.1) is 4.91 Å². The van der Waals surface area contributed by atoms with Crippen LogP contribution >= 0.6 is 20.4 Å². The molecular formula is C20H26FN3O3S2. The Morgan fingerprint density at radius 1 is 1.41 bits per heavy atom. The summed E-state index contributed by atoms with van der Waals surface area (Å²) in [6.45, 7) is 4.01. The fourth-order valence-electron chi connectivity index (χ4n) is 2.52. The number of aromatic hydroxyl groups is 1. The van der Waals surface area contributed by atoms with E-state index in [4.69, 9.17) is 0 Å². The van der Waals surface area contributed by atoms with Crippen molar-refractivity contribution in [1.82, 2.24) is 10.0 Å². The van der Waals surface area contributed by atoms with Crippen LogP contribution in [0.3, 0.4) is 0 Å². The van der Waals surface area contributed by atoms with Crippen molar-refractivity contribution < 1.29 is 13.8 Å². The van der Waals surface area contributed by atoms with Gasteiger partial charge in [-0.3, -0.25) is 4.79 Å². The average molecular weight is 440 g/mol. The lowest BCUT2D eigenvalue weighted by Crippen LogP contribution is -2.32. The summed E-state index contributed by atoms with van der Waals surface area (Å²) in [6, 6.07) is 4.54. The molecule has 1 atom stereocenters. The van der Waals surface area contributed by atoms with Gasteiger partial charge in [0.25, 0.3) is 0 Å². The first-order valence-corrected chi connectivity index (χ1v) is 12.3. The SMILES string of the molecule is CC/C(C)=C/c1cc(N=O)ccc1O.CNC(=O)CSS1(F)NC2=CCCC=C21. The Kier molecular flexibility index (Phi) is 8.33. The van der Waals surface area contributed by atoms with Crippen LogP contribution in [-0.4, -0.2) is 23.8 Å². The molecule has 1 aromatic rings. The highest BCUT2D eigenvalue weighted by atomic mass is 33.2. The van der Waals surface area contributed by atoms with Gasteiger partial charge in [-0.25, -0.2) is 0 Å². The number of carbonyl (C=O) groups is 1. The fourth-order valence-corrected chi connectivity index (χ4v) is 6.42. The van der Waals surface area contributed by atoms with Crippen LogP contribution in [0.25, 0.3) is 6.08 Å². The van der Waals surface area contributed by atoms with Crippen LogP contribution in [0.4, 0.5) is 9.57 Å². The lowest BCUT2D eigenvalue weighted by Gasteiger charge is -2.45. The van der Waals surface area contributed by atoms with Crippen LogP contribution in [0.1, 0.15) is 38.7 Å². The van der Waals surface area contributed by atoms with E-state index >= 15 is 0 Å². The zero-order chi connectivity index (χ0) is 21.4. The third kappa shape index (κ3) is 6.11. The molecule has 1 aromatic carbocycles. The minimum Gasteiger partial charge on any atom is -0.507 e. The first-order valence-electron chi connectivity index (χ1n) is 9.23. The highest BCUT2D eigenvalue weighted by Gasteiger charge is 2.43. The molecule has 3 rings (SSSR count). The molecule has 1 fully saturated rings. The van der Waals surface area contributed by atoms with E-state index < -0.39 is 9.63 Å². The molecule has 1 unspecified atom stereocenters. The van der Waals surface area contributed by atoms with Gasteiger partial charge in [0.2, 0.25) is 5.91 Å². The van der Waals surface area contributed by atoms with Gasteiger partial charge >= 0.3 is 0 Å². The predicted molar refractivity (Wildman–Crippen MR) is 121 cm³/mol. The number of nitrogens with zero attached hydrogens (tertiary/aromatic N) is 1. The lowest BCUT2D eigenvalue weighted by atomic mass is 10.1. The number of carbonyl (C=O) groups excluding carboxylic acids is 1. The Labute approximate surface area is 175 Å². The summed E-state index contributed by atoms with van der Waals surface area (Å²) in [7, 11) is 0.180. The highest BCUT2D eigenvalue weighted by Crippen LogP contribution is 2.73. The highest BCUT2D eigenvalue weighted by molar-refractivity contribution is 8.93. The van der Waals surface area contributed by atoms with Crippen molar-refractivity contribution in [2.75, 3.05) is 12.8 Å². The van der Waals surface area contributed by atoms with Gasteiger partial charge in [-0.2, -0.15) is 3.89 Å². The number of nitrogens with one attached hydrogen (secondary N) is 2. The topological polar surface area (TPSA) is 90.8 Å². The minimum absolute atomic E-state index is 0.139. The van der Waals surface area contributed by atoms with Gasteiger partial charge in [0.1, 0.15) is 11.4 Å². The second-order valence-corrected chi connectivity index (χ2v) is 10.7. The molecule has 2 aliphatic rings. The van der Waals surface area contributed by atoms with Crippen molar-refractivity contribution in [3.63, 3.8) is 0 Å². The van der Waals surface area contributed by atoms with Gasteiger partial charge in [0.05, 0.1) is 26.0 Å². The molecule has 1 saturated heterocycles. The molecule has 1 aliphatic heterocycles. The maximum absolute atomic E-state index is 14.2. The molecule has 9 heteroatoms. The second kappa shape index (κ2) is 10.5. The number of rotatable bonds is 6. The molecule has 0 radical (unpaired) electrons. The van der Waals surface area contributed by atoms with Crippen LogP contribution in [0.15, 0.2) is 51.7 Å². The first kappa shape index (κ1) is 23.0. The van der Waals surface area contributed by atoms with Gasteiger partial charge in [-0.1, -0.05) is 30.7 Å². The molecule has 3 N–H and O–H groups in total. The van der Waals surface area contributed by atoms with Crippen molar-refractivity contribution in [3.8, 4) is 5.75 Å². The average Bonchev–Trinajstić information content (AvgIpc) is 2.73. The van der Waals surface area contributed by atoms with Gasteiger partial charge in [-0.15, -0.1) is 4.91 Å². The molecule has 1 aliphatic carbocycles. The zero-order valence-corrected chi connectivity index (χ0v) is 18.3. The van der Waals surface area contributed by atoms with E-state index in [1.54, 1.807) is 13.1 Å². The number of nitroso groups, excluding NO2 is 1. The maximum atomic E-state index is 14.2. The third-order valence-corrected chi connectivity index (χ3v) is 8.60. The Hall–Kier alpha value is -2.26. The fraction of sp³-hybridized carbons (Fsp3) is 0.350. The van der Waals surface area contributed by atoms with E-state index in [2.05, 4.69) is 15.2 Å². The van der Waals surface area contributed by atoms with Gasteiger partial charge < -0.3 is 15.1 Å². The van der Waals surface area contributed by atoms with Crippen molar-refractivity contribution in [2.24, 2.45) is 5.18 Å². The summed E-state index contributed by atoms with van der Waals surface area (Å²) in [5, 5.41) is 14.8. The molecule has 0 saturated carbocycles. The van der Waals surface area contributed by atoms with E-state index in [1.165, 1.54) is 12.1 Å². The molecule has 29 heavy (non-hydrogen) atoms. The number of benzene rings is 1. The standard InChI is InChI=1S/C11H13NO2.C9H13FN2OS2/c1-3-8(2)6-9-7-10(12-14)4-5-11(9)13;1-11-9(13)6-14-15(10)8-5-3-2-4-7(8)12-15/h4-7,13H,3H2,1-2H3;4-5,12H,2-3,6H2,1H3,(H,11,13)/b8-6+;. The van der Waals surface area contributed by atoms with E-state index in [0.717, 1.165) is 46.2 Å². The molecule has 1 amide bonds. The summed E-state index contributed by atoms with van der Waals surface area (Å²) in [6.07, 6.45) is 8.60. The monoisotopic (exact) mass is 439 g/mol. The van der Waals surface area contributed by atoms with Gasteiger partial charge in [0.15, 0.2) is 0 Å². The van der Waals surface area contributed by atoms with Gasteiger partial charge in [-0.05, 0) is 60.4 Å². The van der Waals surface area contributed by atoms with Crippen molar-refractivity contribution in [2.45, 2.75) is 33.1 Å². The summed E-state index contributed by atoms with van der Waals surface area (Å²) in [5.74, 6) is 0.199. The molecule has 0 spiro atoms. The third-order valence-electron chi connectivity index (χ3n) is 4.34. The minimum atomic E-state index is -2.45. The second-order valence-electron chi connectivity index (χ2n) is 6.47. The summed E-state index contributed by atoms with van der Waals surface area (Å²) in [4.78, 5) is 22.1. The van der Waals surface area contributed by atoms with Crippen molar-refractivity contribution in [3.05, 3.63) is 57.0 Å². The van der Waals surface area contributed by atoms with E-state index in [9.17, 15) is 18.7 Å². The summed E-state index contributed by atoms with van der Waals surface area (Å²) in [5.41, 5.74) is 3.03. The van der Waals surface area contributed by atoms with Crippen LogP contribution < -0.4 is 10.0 Å². The van der Waals surface area contributed by atoms with Crippen molar-refractivity contribution >= 4 is 38.1 Å². The maximum Gasteiger partial charge on any atom is 0.230 e. The largest absolute Gasteiger partial charge is 0.507 e. The number of amides is 1. The summed E-state index contributed by atoms with van der Waals surface area (Å²) < 4.78 is 17.0. The van der Waals surface area contributed by atoms with E-state index in [1.807, 2.05) is 32.1 Å². The summed E-state index contributed by atoms with van der Waals surface area (Å²) >= 11 is 0. The zero-order valence-electron chi connectivity index (χ0n) is 16.7. The Morgan fingerprint density at radius 2 is 2.14 bits per heavy atom. The quantitative estimate of drug-likeness (QED) is 0.388. The Morgan fingerprint density at radius 3 is 2.76 bits per heavy atom. The number of hydrogen-bond acceptors (Lipinski definition) is 6. The number of hydrogen-bond donors (Lipinski definition) is 3. The Balaban J connectivity index is 0.000000208. The number of fused-ring (bicyclic) bond motifs is 1.